The number of fused-ring (bicyclic) bond motifs is 1. The lowest BCUT2D eigenvalue weighted by Crippen LogP contribution is -2.37. The summed E-state index contributed by atoms with van der Waals surface area (Å²) in [5.74, 6) is 0.694. The second-order valence-corrected chi connectivity index (χ2v) is 5.80. The molecule has 1 unspecified atom stereocenters. The molecular formula is C16H18ClN3O2. The van der Waals surface area contributed by atoms with Gasteiger partial charge in [-0.3, -0.25) is 4.79 Å². The lowest BCUT2D eigenvalue weighted by atomic mass is 10.1. The Morgan fingerprint density at radius 2 is 2.36 bits per heavy atom. The van der Waals surface area contributed by atoms with E-state index in [2.05, 4.69) is 10.3 Å². The number of unbranched alkanes of at least 4 members (excludes halogenated alkanes) is 1. The van der Waals surface area contributed by atoms with Gasteiger partial charge in [0.1, 0.15) is 5.75 Å². The third-order valence-electron chi connectivity index (χ3n) is 3.69. The minimum absolute atomic E-state index is 0.0602. The van der Waals surface area contributed by atoms with Crippen LogP contribution in [0.2, 0.25) is 5.02 Å². The van der Waals surface area contributed by atoms with E-state index in [9.17, 15) is 4.79 Å². The first-order chi connectivity index (χ1) is 10.7. The summed E-state index contributed by atoms with van der Waals surface area (Å²) in [7, 11) is 0. The van der Waals surface area contributed by atoms with Crippen LogP contribution < -0.4 is 10.1 Å². The van der Waals surface area contributed by atoms with Crippen LogP contribution in [0.3, 0.4) is 0 Å². The largest absolute Gasteiger partial charge is 0.480 e. The summed E-state index contributed by atoms with van der Waals surface area (Å²) in [6, 6.07) is 5.45. The van der Waals surface area contributed by atoms with Crippen molar-refractivity contribution in [2.45, 2.75) is 31.9 Å². The zero-order valence-electron chi connectivity index (χ0n) is 12.2. The number of nitrogens with one attached hydrogen (secondary N) is 1. The van der Waals surface area contributed by atoms with E-state index in [0.29, 0.717) is 18.0 Å². The number of carbonyl (C=O) groups is 1. The molecule has 1 aliphatic heterocycles. The first-order valence-electron chi connectivity index (χ1n) is 7.41. The van der Waals surface area contributed by atoms with E-state index in [1.807, 2.05) is 22.9 Å². The summed E-state index contributed by atoms with van der Waals surface area (Å²) < 4.78 is 7.69. The lowest BCUT2D eigenvalue weighted by Gasteiger charge is -2.11. The molecule has 0 radical (unpaired) electrons. The van der Waals surface area contributed by atoms with Gasteiger partial charge < -0.3 is 14.6 Å². The Bertz CT molecular complexity index is 643. The maximum absolute atomic E-state index is 12.1. The van der Waals surface area contributed by atoms with E-state index < -0.39 is 6.10 Å². The Labute approximate surface area is 134 Å². The van der Waals surface area contributed by atoms with Gasteiger partial charge in [0, 0.05) is 36.9 Å². The molecule has 116 valence electrons. The minimum Gasteiger partial charge on any atom is -0.480 e. The normalized spacial score (nSPS) is 16.1. The maximum Gasteiger partial charge on any atom is 0.261 e. The molecule has 1 amide bonds. The number of ether oxygens (including phenoxy) is 1. The highest BCUT2D eigenvalue weighted by Gasteiger charge is 2.28. The molecule has 0 bridgehead atoms. The molecule has 5 nitrogen and oxygen atoms in total. The fraction of sp³-hybridized carbons (Fsp3) is 0.375. The highest BCUT2D eigenvalue weighted by atomic mass is 35.5. The van der Waals surface area contributed by atoms with Gasteiger partial charge >= 0.3 is 0 Å². The summed E-state index contributed by atoms with van der Waals surface area (Å²) in [5, 5.41) is 3.60. The van der Waals surface area contributed by atoms with Crippen LogP contribution in [0.4, 0.5) is 0 Å². The van der Waals surface area contributed by atoms with E-state index in [-0.39, 0.29) is 5.91 Å². The molecule has 22 heavy (non-hydrogen) atoms. The quantitative estimate of drug-likeness (QED) is 0.832. The van der Waals surface area contributed by atoms with Gasteiger partial charge in [0.2, 0.25) is 0 Å². The van der Waals surface area contributed by atoms with Crippen LogP contribution in [0, 0.1) is 0 Å². The maximum atomic E-state index is 12.1. The summed E-state index contributed by atoms with van der Waals surface area (Å²) >= 11 is 5.95. The Hall–Kier alpha value is -2.01. The van der Waals surface area contributed by atoms with Crippen LogP contribution in [0.5, 0.6) is 5.75 Å². The van der Waals surface area contributed by atoms with E-state index >= 15 is 0 Å². The molecule has 1 N–H and O–H groups in total. The average Bonchev–Trinajstić information content (AvgIpc) is 3.15. The number of imidazole rings is 1. The number of carbonyl (C=O) groups excluding carboxylic acids is 1. The van der Waals surface area contributed by atoms with Crippen LogP contribution in [0.1, 0.15) is 18.4 Å². The van der Waals surface area contributed by atoms with Gasteiger partial charge in [-0.25, -0.2) is 4.98 Å². The number of hydrogen-bond acceptors (Lipinski definition) is 3. The van der Waals surface area contributed by atoms with Crippen molar-refractivity contribution in [2.75, 3.05) is 6.54 Å². The van der Waals surface area contributed by atoms with E-state index in [0.717, 1.165) is 30.7 Å². The van der Waals surface area contributed by atoms with Gasteiger partial charge in [0.05, 0.1) is 6.33 Å². The van der Waals surface area contributed by atoms with Crippen molar-refractivity contribution in [2.24, 2.45) is 0 Å². The number of hydrogen-bond donors (Lipinski definition) is 1. The predicted octanol–water partition coefficient (Wildman–Crippen LogP) is 2.44. The van der Waals surface area contributed by atoms with Gasteiger partial charge in [0.15, 0.2) is 6.10 Å². The van der Waals surface area contributed by atoms with Gasteiger partial charge in [-0.15, -0.1) is 0 Å². The van der Waals surface area contributed by atoms with Crippen LogP contribution in [-0.2, 0) is 17.8 Å². The monoisotopic (exact) mass is 319 g/mol. The first kappa shape index (κ1) is 14.9. The van der Waals surface area contributed by atoms with Crippen LogP contribution in [0.25, 0.3) is 0 Å². The number of aromatic nitrogens is 2. The molecule has 1 aromatic carbocycles. The summed E-state index contributed by atoms with van der Waals surface area (Å²) in [4.78, 5) is 16.1. The van der Waals surface area contributed by atoms with Gasteiger partial charge in [0.25, 0.3) is 5.91 Å². The minimum atomic E-state index is -0.442. The molecule has 6 heteroatoms. The third-order valence-corrected chi connectivity index (χ3v) is 3.93. The Balaban J connectivity index is 1.38. The van der Waals surface area contributed by atoms with Gasteiger partial charge in [-0.05, 0) is 36.6 Å². The van der Waals surface area contributed by atoms with Crippen molar-refractivity contribution in [3.8, 4) is 5.75 Å². The fourth-order valence-electron chi connectivity index (χ4n) is 2.53. The standard InChI is InChI=1S/C16H18ClN3O2/c17-13-3-4-14-12(9-13)10-15(22-14)16(21)19-5-1-2-7-20-8-6-18-11-20/h3-4,6,8-9,11,15H,1-2,5,7,10H2,(H,19,21). The lowest BCUT2D eigenvalue weighted by molar-refractivity contribution is -0.127. The summed E-state index contributed by atoms with van der Waals surface area (Å²) in [6.07, 6.45) is 7.57. The van der Waals surface area contributed by atoms with Gasteiger partial charge in [-0.2, -0.15) is 0 Å². The molecule has 1 atom stereocenters. The average molecular weight is 320 g/mol. The number of nitrogens with zero attached hydrogens (tertiary/aromatic N) is 2. The van der Waals surface area contributed by atoms with E-state index in [1.54, 1.807) is 18.6 Å². The predicted molar refractivity (Wildman–Crippen MR) is 84.0 cm³/mol. The second-order valence-electron chi connectivity index (χ2n) is 5.36. The van der Waals surface area contributed by atoms with Crippen LogP contribution in [0.15, 0.2) is 36.9 Å². The molecule has 0 aliphatic carbocycles. The van der Waals surface area contributed by atoms with Crippen molar-refractivity contribution in [3.05, 3.63) is 47.5 Å². The third kappa shape index (κ3) is 3.60. The Kier molecular flexibility index (Phi) is 4.63. The van der Waals surface area contributed by atoms with Crippen LogP contribution >= 0.6 is 11.6 Å². The molecule has 0 saturated heterocycles. The number of benzene rings is 1. The van der Waals surface area contributed by atoms with Crippen molar-refractivity contribution >= 4 is 17.5 Å². The molecule has 2 aromatic rings. The molecule has 0 spiro atoms. The van der Waals surface area contributed by atoms with E-state index in [4.69, 9.17) is 16.3 Å². The number of halogens is 1. The topological polar surface area (TPSA) is 56.2 Å². The van der Waals surface area contributed by atoms with Crippen molar-refractivity contribution in [1.29, 1.82) is 0 Å². The highest BCUT2D eigenvalue weighted by molar-refractivity contribution is 6.30. The number of rotatable bonds is 6. The molecule has 0 fully saturated rings. The van der Waals surface area contributed by atoms with Crippen molar-refractivity contribution in [1.82, 2.24) is 14.9 Å². The Morgan fingerprint density at radius 3 is 3.18 bits per heavy atom. The highest BCUT2D eigenvalue weighted by Crippen LogP contribution is 2.31. The summed E-state index contributed by atoms with van der Waals surface area (Å²) in [6.45, 7) is 1.57. The molecular weight excluding hydrogens is 302 g/mol. The van der Waals surface area contributed by atoms with Crippen LogP contribution in [-0.4, -0.2) is 28.1 Å². The first-order valence-corrected chi connectivity index (χ1v) is 7.79. The SMILES string of the molecule is O=C(NCCCCn1ccnc1)C1Cc2cc(Cl)ccc2O1. The molecule has 0 saturated carbocycles. The zero-order chi connectivity index (χ0) is 15.4. The summed E-state index contributed by atoms with van der Waals surface area (Å²) in [5.41, 5.74) is 0.993. The smallest absolute Gasteiger partial charge is 0.261 e. The van der Waals surface area contributed by atoms with E-state index in [1.165, 1.54) is 0 Å². The molecule has 3 rings (SSSR count). The Morgan fingerprint density at radius 1 is 1.45 bits per heavy atom. The fourth-order valence-corrected chi connectivity index (χ4v) is 2.72. The molecule has 1 aromatic heterocycles. The number of amides is 1. The van der Waals surface area contributed by atoms with Crippen molar-refractivity contribution < 1.29 is 9.53 Å². The molecule has 1 aliphatic rings. The number of aryl methyl sites for hydroxylation is 1. The zero-order valence-corrected chi connectivity index (χ0v) is 12.9. The van der Waals surface area contributed by atoms with Gasteiger partial charge in [-0.1, -0.05) is 11.6 Å². The van der Waals surface area contributed by atoms with Crippen molar-refractivity contribution in [3.63, 3.8) is 0 Å². The molecule has 2 heterocycles. The second kappa shape index (κ2) is 6.83.